The minimum absolute atomic E-state index is 0.237. The Balaban J connectivity index is 2.12. The van der Waals surface area contributed by atoms with E-state index in [0.29, 0.717) is 12.2 Å². The van der Waals surface area contributed by atoms with Crippen LogP contribution in [-0.4, -0.2) is 19.9 Å². The standard InChI is InChI=1S/C14H15ClN2O2S2/c1-9-5-6-12-11(8-9)4-3-7-17(12)21(18,19)13-10(2)16-14(15)20-13/h5-6,8H,3-4,7H2,1-2H3. The number of anilines is 1. The second-order valence-corrected chi connectivity index (χ2v) is 8.79. The van der Waals surface area contributed by atoms with Crippen LogP contribution in [-0.2, 0) is 16.4 Å². The van der Waals surface area contributed by atoms with Gasteiger partial charge in [0.15, 0.2) is 8.68 Å². The lowest BCUT2D eigenvalue weighted by Crippen LogP contribution is -2.35. The third-order valence-electron chi connectivity index (χ3n) is 3.56. The number of thiazole rings is 1. The van der Waals surface area contributed by atoms with Crippen LogP contribution in [0.5, 0.6) is 0 Å². The van der Waals surface area contributed by atoms with Gasteiger partial charge in [-0.25, -0.2) is 13.4 Å². The van der Waals surface area contributed by atoms with E-state index in [4.69, 9.17) is 11.6 Å². The Hall–Kier alpha value is -1.11. The van der Waals surface area contributed by atoms with Crippen LogP contribution in [0.1, 0.15) is 23.2 Å². The van der Waals surface area contributed by atoms with Gasteiger partial charge in [-0.3, -0.25) is 4.31 Å². The van der Waals surface area contributed by atoms with Gasteiger partial charge in [0.25, 0.3) is 10.0 Å². The molecule has 4 nitrogen and oxygen atoms in total. The summed E-state index contributed by atoms with van der Waals surface area (Å²) in [5.41, 5.74) is 3.46. The first-order valence-electron chi connectivity index (χ1n) is 6.65. The Kier molecular flexibility index (Phi) is 3.71. The highest BCUT2D eigenvalue weighted by Crippen LogP contribution is 2.36. The number of aryl methyl sites for hydroxylation is 3. The Morgan fingerprint density at radius 2 is 2.10 bits per heavy atom. The van der Waals surface area contributed by atoms with Crippen molar-refractivity contribution in [2.24, 2.45) is 0 Å². The average Bonchev–Trinajstić information content (AvgIpc) is 2.77. The van der Waals surface area contributed by atoms with Crippen LogP contribution < -0.4 is 4.31 Å². The maximum atomic E-state index is 12.9. The fourth-order valence-corrected chi connectivity index (χ4v) is 6.01. The highest BCUT2D eigenvalue weighted by atomic mass is 35.5. The molecule has 0 saturated carbocycles. The first-order valence-corrected chi connectivity index (χ1v) is 9.28. The highest BCUT2D eigenvalue weighted by Gasteiger charge is 2.32. The van der Waals surface area contributed by atoms with Gasteiger partial charge in [0.05, 0.1) is 11.4 Å². The summed E-state index contributed by atoms with van der Waals surface area (Å²) >= 11 is 6.87. The molecule has 112 valence electrons. The van der Waals surface area contributed by atoms with Gasteiger partial charge in [-0.2, -0.15) is 0 Å². The molecule has 0 unspecified atom stereocenters. The van der Waals surface area contributed by atoms with Crippen LogP contribution in [0.3, 0.4) is 0 Å². The molecule has 21 heavy (non-hydrogen) atoms. The minimum atomic E-state index is -3.59. The Bertz CT molecular complexity index is 799. The van der Waals surface area contributed by atoms with Crippen LogP contribution in [0.15, 0.2) is 22.4 Å². The van der Waals surface area contributed by atoms with E-state index in [9.17, 15) is 8.42 Å². The van der Waals surface area contributed by atoms with Gasteiger partial charge in [-0.1, -0.05) is 40.6 Å². The van der Waals surface area contributed by atoms with E-state index in [1.807, 2.05) is 19.1 Å². The maximum absolute atomic E-state index is 12.9. The third kappa shape index (κ3) is 2.56. The van der Waals surface area contributed by atoms with Crippen LogP contribution >= 0.6 is 22.9 Å². The van der Waals surface area contributed by atoms with Crippen LogP contribution in [0.2, 0.25) is 4.47 Å². The lowest BCUT2D eigenvalue weighted by Gasteiger charge is -2.30. The molecule has 0 N–H and O–H groups in total. The minimum Gasteiger partial charge on any atom is -0.265 e. The van der Waals surface area contributed by atoms with Gasteiger partial charge >= 0.3 is 0 Å². The smallest absolute Gasteiger partial charge is 0.265 e. The summed E-state index contributed by atoms with van der Waals surface area (Å²) in [6, 6.07) is 5.89. The summed E-state index contributed by atoms with van der Waals surface area (Å²) < 4.78 is 27.8. The fraction of sp³-hybridized carbons (Fsp3) is 0.357. The Labute approximate surface area is 133 Å². The summed E-state index contributed by atoms with van der Waals surface area (Å²) in [6.07, 6.45) is 1.73. The van der Waals surface area contributed by atoms with Gasteiger partial charge in [-0.15, -0.1) is 0 Å². The zero-order valence-electron chi connectivity index (χ0n) is 11.8. The SMILES string of the molecule is Cc1ccc2c(c1)CCCN2S(=O)(=O)c1sc(Cl)nc1C. The van der Waals surface area contributed by atoms with E-state index < -0.39 is 10.0 Å². The van der Waals surface area contributed by atoms with E-state index in [2.05, 4.69) is 11.1 Å². The average molecular weight is 343 g/mol. The number of nitrogens with zero attached hydrogens (tertiary/aromatic N) is 2. The van der Waals surface area contributed by atoms with Crippen molar-refractivity contribution in [2.75, 3.05) is 10.8 Å². The molecule has 2 heterocycles. The summed E-state index contributed by atoms with van der Waals surface area (Å²) in [4.78, 5) is 4.02. The number of fused-ring (bicyclic) bond motifs is 1. The first-order chi connectivity index (χ1) is 9.89. The molecule has 0 fully saturated rings. The predicted molar refractivity (Wildman–Crippen MR) is 85.9 cm³/mol. The molecule has 0 spiro atoms. The molecule has 1 aromatic carbocycles. The normalized spacial score (nSPS) is 15.1. The zero-order chi connectivity index (χ0) is 15.2. The first kappa shape index (κ1) is 14.8. The fourth-order valence-electron chi connectivity index (χ4n) is 2.63. The number of hydrogen-bond donors (Lipinski definition) is 0. The molecule has 0 aliphatic carbocycles. The summed E-state index contributed by atoms with van der Waals surface area (Å²) in [7, 11) is -3.59. The zero-order valence-corrected chi connectivity index (χ0v) is 14.1. The molecule has 1 aliphatic rings. The van der Waals surface area contributed by atoms with Crippen LogP contribution in [0.4, 0.5) is 5.69 Å². The lowest BCUT2D eigenvalue weighted by molar-refractivity contribution is 0.588. The number of aromatic nitrogens is 1. The second kappa shape index (κ2) is 5.26. The van der Waals surface area contributed by atoms with Crippen LogP contribution in [0, 0.1) is 13.8 Å². The Morgan fingerprint density at radius 1 is 1.33 bits per heavy atom. The van der Waals surface area contributed by atoms with E-state index in [-0.39, 0.29) is 8.68 Å². The molecule has 0 atom stereocenters. The quantitative estimate of drug-likeness (QED) is 0.838. The molecular weight excluding hydrogens is 328 g/mol. The van der Waals surface area contributed by atoms with E-state index >= 15 is 0 Å². The van der Waals surface area contributed by atoms with Gasteiger partial charge < -0.3 is 0 Å². The van der Waals surface area contributed by atoms with Crippen molar-refractivity contribution in [1.82, 2.24) is 4.98 Å². The molecule has 0 saturated heterocycles. The molecule has 0 bridgehead atoms. The van der Waals surface area contributed by atoms with Gasteiger partial charge in [-0.05, 0) is 38.3 Å². The van der Waals surface area contributed by atoms with E-state index in [1.165, 1.54) is 4.31 Å². The molecule has 1 aromatic heterocycles. The molecular formula is C14H15ClN2O2S2. The van der Waals surface area contributed by atoms with Gasteiger partial charge in [0.1, 0.15) is 0 Å². The predicted octanol–water partition coefficient (Wildman–Crippen LogP) is 3.55. The van der Waals surface area contributed by atoms with Crippen molar-refractivity contribution < 1.29 is 8.42 Å². The van der Waals surface area contributed by atoms with Crippen molar-refractivity contribution >= 4 is 38.6 Å². The molecule has 2 aromatic rings. The number of benzene rings is 1. The maximum Gasteiger partial charge on any atom is 0.275 e. The monoisotopic (exact) mass is 342 g/mol. The number of rotatable bonds is 2. The number of sulfonamides is 1. The highest BCUT2D eigenvalue weighted by molar-refractivity contribution is 7.94. The third-order valence-corrected chi connectivity index (χ3v) is 7.23. The number of hydrogen-bond acceptors (Lipinski definition) is 4. The largest absolute Gasteiger partial charge is 0.275 e. The van der Waals surface area contributed by atoms with E-state index in [1.54, 1.807) is 6.92 Å². The van der Waals surface area contributed by atoms with Crippen molar-refractivity contribution in [1.29, 1.82) is 0 Å². The van der Waals surface area contributed by atoms with Crippen molar-refractivity contribution in [3.63, 3.8) is 0 Å². The topological polar surface area (TPSA) is 50.3 Å². The number of halogens is 1. The van der Waals surface area contributed by atoms with Crippen molar-refractivity contribution in [3.05, 3.63) is 39.5 Å². The van der Waals surface area contributed by atoms with Crippen LogP contribution in [0.25, 0.3) is 0 Å². The molecule has 3 rings (SSSR count). The summed E-state index contributed by atoms with van der Waals surface area (Å²) in [5, 5.41) is 0. The van der Waals surface area contributed by atoms with Gasteiger partial charge in [0, 0.05) is 6.54 Å². The van der Waals surface area contributed by atoms with E-state index in [0.717, 1.165) is 41.0 Å². The molecule has 0 radical (unpaired) electrons. The second-order valence-electron chi connectivity index (χ2n) is 5.15. The molecule has 1 aliphatic heterocycles. The van der Waals surface area contributed by atoms with Crippen molar-refractivity contribution in [3.8, 4) is 0 Å². The summed E-state index contributed by atoms with van der Waals surface area (Å²) in [5.74, 6) is 0. The van der Waals surface area contributed by atoms with Crippen molar-refractivity contribution in [2.45, 2.75) is 30.9 Å². The van der Waals surface area contributed by atoms with Gasteiger partial charge in [0.2, 0.25) is 0 Å². The molecule has 0 amide bonds. The Morgan fingerprint density at radius 3 is 2.76 bits per heavy atom. The summed E-state index contributed by atoms with van der Waals surface area (Å²) in [6.45, 7) is 4.18. The molecule has 7 heteroatoms. The lowest BCUT2D eigenvalue weighted by atomic mass is 10.0.